The fraction of sp³-hybridized carbons (Fsp3) is 0.533. The number of hydrogen-bond acceptors (Lipinski definition) is 4. The van der Waals surface area contributed by atoms with Gasteiger partial charge < -0.3 is 10.6 Å². The molecule has 21 heavy (non-hydrogen) atoms. The molecule has 0 bridgehead atoms. The molecular weight excluding hydrogens is 270 g/mol. The Balaban J connectivity index is 2.74. The van der Waals surface area contributed by atoms with Crippen LogP contribution in [0.1, 0.15) is 45.2 Å². The van der Waals surface area contributed by atoms with E-state index < -0.39 is 4.92 Å². The molecule has 2 N–H and O–H groups in total. The monoisotopic (exact) mass is 293 g/mol. The van der Waals surface area contributed by atoms with Crippen LogP contribution in [0.4, 0.5) is 5.69 Å². The minimum atomic E-state index is -0.405. The maximum absolute atomic E-state index is 11.7. The van der Waals surface area contributed by atoms with Crippen molar-refractivity contribution in [3.63, 3.8) is 0 Å². The predicted octanol–water partition coefficient (Wildman–Crippen LogP) is 2.55. The van der Waals surface area contributed by atoms with Gasteiger partial charge in [-0.25, -0.2) is 0 Å². The first-order chi connectivity index (χ1) is 9.93. The fourth-order valence-electron chi connectivity index (χ4n) is 2.12. The van der Waals surface area contributed by atoms with Gasteiger partial charge in [0, 0.05) is 24.2 Å². The van der Waals surface area contributed by atoms with E-state index in [9.17, 15) is 14.9 Å². The summed E-state index contributed by atoms with van der Waals surface area (Å²) < 4.78 is 0. The van der Waals surface area contributed by atoms with Crippen LogP contribution in [0.2, 0.25) is 0 Å². The molecule has 0 saturated heterocycles. The standard InChI is InChI=1S/C15H23N3O3/c1-4-6-14(16-10-15(19)17-11(2)3)12-7-5-8-13(9-12)18(20)21/h5,7-9,11,14,16H,4,6,10H2,1-3H3,(H,17,19). The summed E-state index contributed by atoms with van der Waals surface area (Å²) in [6.07, 6.45) is 1.74. The molecule has 1 amide bonds. The smallest absolute Gasteiger partial charge is 0.269 e. The van der Waals surface area contributed by atoms with Crippen LogP contribution in [-0.4, -0.2) is 23.4 Å². The molecule has 1 aromatic carbocycles. The van der Waals surface area contributed by atoms with Gasteiger partial charge in [0.15, 0.2) is 0 Å². The van der Waals surface area contributed by atoms with E-state index in [2.05, 4.69) is 10.6 Å². The van der Waals surface area contributed by atoms with Gasteiger partial charge in [-0.3, -0.25) is 14.9 Å². The molecule has 0 aliphatic heterocycles. The SMILES string of the molecule is CCCC(NCC(=O)NC(C)C)c1cccc([N+](=O)[O-])c1. The number of carbonyl (C=O) groups excluding carboxylic acids is 1. The second kappa shape index (κ2) is 8.36. The largest absolute Gasteiger partial charge is 0.353 e. The van der Waals surface area contributed by atoms with Gasteiger partial charge in [0.25, 0.3) is 5.69 Å². The van der Waals surface area contributed by atoms with Crippen molar-refractivity contribution in [1.29, 1.82) is 0 Å². The molecule has 0 saturated carbocycles. The molecule has 1 rings (SSSR count). The van der Waals surface area contributed by atoms with E-state index in [0.717, 1.165) is 18.4 Å². The molecule has 116 valence electrons. The van der Waals surface area contributed by atoms with Crippen molar-refractivity contribution in [1.82, 2.24) is 10.6 Å². The summed E-state index contributed by atoms with van der Waals surface area (Å²) >= 11 is 0. The van der Waals surface area contributed by atoms with Crippen molar-refractivity contribution in [2.45, 2.75) is 45.7 Å². The lowest BCUT2D eigenvalue weighted by Crippen LogP contribution is -2.39. The molecular formula is C15H23N3O3. The topological polar surface area (TPSA) is 84.3 Å². The van der Waals surface area contributed by atoms with Gasteiger partial charge in [0.2, 0.25) is 5.91 Å². The first-order valence-electron chi connectivity index (χ1n) is 7.21. The first kappa shape index (κ1) is 17.1. The van der Waals surface area contributed by atoms with Crippen molar-refractivity contribution < 1.29 is 9.72 Å². The summed E-state index contributed by atoms with van der Waals surface area (Å²) in [6.45, 7) is 6.05. The van der Waals surface area contributed by atoms with Gasteiger partial charge in [0.1, 0.15) is 0 Å². The van der Waals surface area contributed by atoms with Crippen LogP contribution in [0.3, 0.4) is 0 Å². The summed E-state index contributed by atoms with van der Waals surface area (Å²) in [5.41, 5.74) is 0.908. The van der Waals surface area contributed by atoms with Crippen molar-refractivity contribution in [2.24, 2.45) is 0 Å². The number of amides is 1. The average Bonchev–Trinajstić information content (AvgIpc) is 2.42. The normalized spacial score (nSPS) is 12.2. The summed E-state index contributed by atoms with van der Waals surface area (Å²) in [7, 11) is 0. The number of non-ortho nitro benzene ring substituents is 1. The van der Waals surface area contributed by atoms with Crippen LogP contribution in [0.25, 0.3) is 0 Å². The van der Waals surface area contributed by atoms with Crippen LogP contribution in [0.15, 0.2) is 24.3 Å². The molecule has 1 unspecified atom stereocenters. The highest BCUT2D eigenvalue weighted by atomic mass is 16.6. The summed E-state index contributed by atoms with van der Waals surface area (Å²) in [6, 6.07) is 6.59. The molecule has 0 heterocycles. The molecule has 0 fully saturated rings. The van der Waals surface area contributed by atoms with Crippen molar-refractivity contribution in [3.05, 3.63) is 39.9 Å². The molecule has 0 aromatic heterocycles. The fourth-order valence-corrected chi connectivity index (χ4v) is 2.12. The van der Waals surface area contributed by atoms with E-state index >= 15 is 0 Å². The van der Waals surface area contributed by atoms with Crippen LogP contribution in [0, 0.1) is 10.1 Å². The second-order valence-corrected chi connectivity index (χ2v) is 5.30. The minimum Gasteiger partial charge on any atom is -0.353 e. The van der Waals surface area contributed by atoms with Gasteiger partial charge in [-0.2, -0.15) is 0 Å². The lowest BCUT2D eigenvalue weighted by atomic mass is 10.0. The number of hydrogen-bond donors (Lipinski definition) is 2. The van der Waals surface area contributed by atoms with E-state index in [1.807, 2.05) is 26.8 Å². The molecule has 1 atom stereocenters. The Bertz CT molecular complexity index is 489. The van der Waals surface area contributed by atoms with Crippen LogP contribution in [-0.2, 0) is 4.79 Å². The zero-order valence-corrected chi connectivity index (χ0v) is 12.8. The molecule has 1 aromatic rings. The highest BCUT2D eigenvalue weighted by Crippen LogP contribution is 2.22. The lowest BCUT2D eigenvalue weighted by Gasteiger charge is -2.19. The molecule has 6 nitrogen and oxygen atoms in total. The zero-order valence-electron chi connectivity index (χ0n) is 12.8. The Morgan fingerprint density at radius 3 is 2.67 bits per heavy atom. The Labute approximate surface area is 125 Å². The van der Waals surface area contributed by atoms with E-state index in [1.165, 1.54) is 6.07 Å². The van der Waals surface area contributed by atoms with Crippen molar-refractivity contribution >= 4 is 11.6 Å². The number of nitro benzene ring substituents is 1. The summed E-state index contributed by atoms with van der Waals surface area (Å²) in [5, 5.41) is 16.8. The Hall–Kier alpha value is -1.95. The minimum absolute atomic E-state index is 0.0622. The maximum atomic E-state index is 11.7. The van der Waals surface area contributed by atoms with Gasteiger partial charge >= 0.3 is 0 Å². The number of nitrogens with zero attached hydrogens (tertiary/aromatic N) is 1. The van der Waals surface area contributed by atoms with Gasteiger partial charge in [-0.1, -0.05) is 25.5 Å². The first-order valence-corrected chi connectivity index (χ1v) is 7.21. The number of benzene rings is 1. The molecule has 0 spiro atoms. The van der Waals surface area contributed by atoms with E-state index in [4.69, 9.17) is 0 Å². The number of nitro groups is 1. The highest BCUT2D eigenvalue weighted by Gasteiger charge is 2.15. The zero-order chi connectivity index (χ0) is 15.8. The highest BCUT2D eigenvalue weighted by molar-refractivity contribution is 5.78. The maximum Gasteiger partial charge on any atom is 0.269 e. The third-order valence-corrected chi connectivity index (χ3v) is 3.02. The van der Waals surface area contributed by atoms with Gasteiger partial charge in [0.05, 0.1) is 11.5 Å². The van der Waals surface area contributed by atoms with E-state index in [-0.39, 0.29) is 30.2 Å². The Morgan fingerprint density at radius 2 is 2.10 bits per heavy atom. The van der Waals surface area contributed by atoms with Crippen LogP contribution in [0.5, 0.6) is 0 Å². The molecule has 6 heteroatoms. The quantitative estimate of drug-likeness (QED) is 0.570. The number of carbonyl (C=O) groups is 1. The number of nitrogens with one attached hydrogen (secondary N) is 2. The molecule has 0 aliphatic carbocycles. The Kier molecular flexibility index (Phi) is 6.81. The van der Waals surface area contributed by atoms with E-state index in [1.54, 1.807) is 12.1 Å². The van der Waals surface area contributed by atoms with Crippen molar-refractivity contribution in [3.8, 4) is 0 Å². The second-order valence-electron chi connectivity index (χ2n) is 5.30. The lowest BCUT2D eigenvalue weighted by molar-refractivity contribution is -0.384. The predicted molar refractivity (Wildman–Crippen MR) is 82.0 cm³/mol. The van der Waals surface area contributed by atoms with Gasteiger partial charge in [-0.15, -0.1) is 0 Å². The van der Waals surface area contributed by atoms with Crippen LogP contribution < -0.4 is 10.6 Å². The average molecular weight is 293 g/mol. The molecule has 0 aliphatic rings. The summed E-state index contributed by atoms with van der Waals surface area (Å²) in [5.74, 6) is -0.0727. The summed E-state index contributed by atoms with van der Waals surface area (Å²) in [4.78, 5) is 22.1. The van der Waals surface area contributed by atoms with E-state index in [0.29, 0.717) is 0 Å². The van der Waals surface area contributed by atoms with Gasteiger partial charge in [-0.05, 0) is 25.8 Å². The van der Waals surface area contributed by atoms with Crippen LogP contribution >= 0.6 is 0 Å². The Morgan fingerprint density at radius 1 is 1.38 bits per heavy atom. The molecule has 0 radical (unpaired) electrons. The number of rotatable bonds is 8. The third kappa shape index (κ3) is 5.91. The third-order valence-electron chi connectivity index (χ3n) is 3.02. The van der Waals surface area contributed by atoms with Crippen molar-refractivity contribution in [2.75, 3.05) is 6.54 Å².